The molecule has 0 radical (unpaired) electrons. The molecule has 2 aromatic heterocycles. The Bertz CT molecular complexity index is 5390. The van der Waals surface area contributed by atoms with Gasteiger partial charge in [0.15, 0.2) is 0 Å². The van der Waals surface area contributed by atoms with E-state index in [1.54, 1.807) is 0 Å². The van der Waals surface area contributed by atoms with Gasteiger partial charge in [0, 0.05) is 66.1 Å². The largest absolute Gasteiger partial charge is 0.416 e. The lowest BCUT2D eigenvalue weighted by Gasteiger charge is -2.12. The molecule has 4 heterocycles. The first-order valence-corrected chi connectivity index (χ1v) is 29.7. The van der Waals surface area contributed by atoms with Crippen molar-refractivity contribution in [2.75, 3.05) is 0 Å². The molecule has 10 heteroatoms. The van der Waals surface area contributed by atoms with E-state index in [2.05, 4.69) is 157 Å². The van der Waals surface area contributed by atoms with Gasteiger partial charge in [0.25, 0.3) is 0 Å². The number of halogens is 6. The van der Waals surface area contributed by atoms with Crippen LogP contribution in [0.4, 0.5) is 26.3 Å². The number of nitrogens with zero attached hydrogens (tertiary/aromatic N) is 2. The van der Waals surface area contributed by atoms with Gasteiger partial charge in [0.1, 0.15) is 0 Å². The normalized spacial score (nSPS) is 12.4. The maximum atomic E-state index is 14.8. The highest BCUT2D eigenvalue weighted by atomic mass is 19.4. The number of hydrogen-bond donors (Lipinski definition) is 2. The first-order valence-electron chi connectivity index (χ1n) is 29.7. The highest BCUT2D eigenvalue weighted by molar-refractivity contribution is 6.25. The minimum Gasteiger partial charge on any atom is -0.353 e. The number of aromatic nitrogens is 4. The molecule has 0 fully saturated rings. The van der Waals surface area contributed by atoms with Crippen LogP contribution in [-0.2, 0) is 12.4 Å². The minimum atomic E-state index is -4.64. The zero-order valence-electron chi connectivity index (χ0n) is 48.3. The number of aromatic amines is 2. The number of aryl methyl sites for hydroxylation is 2. The lowest BCUT2D eigenvalue weighted by atomic mass is 9.91. The van der Waals surface area contributed by atoms with Crippen LogP contribution in [0.15, 0.2) is 243 Å². The SMILES string of the molecule is Cc1ccc(-c2c3nc(c(-c4ccc(C(F)(F)F)cc4)c4[nH]c(c(-c5ccc(C(F)(F)F)cc5)c5nc(c(-c6ccc(C)cc6)c6[nH]c2c2cc7ccccc7cc62)-c2cc6ccccc6cc2-5)c2cc5ccccc5cc42)-c2cc4ccccc4cc2-3)cc1. The van der Waals surface area contributed by atoms with E-state index in [1.165, 1.54) is 24.3 Å². The smallest absolute Gasteiger partial charge is 0.353 e. The van der Waals surface area contributed by atoms with Gasteiger partial charge in [-0.25, -0.2) is 9.97 Å². The van der Waals surface area contributed by atoms with Crippen LogP contribution < -0.4 is 0 Å². The summed E-state index contributed by atoms with van der Waals surface area (Å²) in [6, 6.07) is 77.1. The summed E-state index contributed by atoms with van der Waals surface area (Å²) in [5.74, 6) is 0. The summed E-state index contributed by atoms with van der Waals surface area (Å²) in [6.45, 7) is 4.12. The van der Waals surface area contributed by atoms with Crippen molar-refractivity contribution >= 4 is 86.7 Å². The molecule has 0 saturated carbocycles. The van der Waals surface area contributed by atoms with Crippen molar-refractivity contribution in [3.8, 4) is 89.5 Å². The quantitative estimate of drug-likeness (QED) is 0.173. The zero-order chi connectivity index (χ0) is 60.9. The van der Waals surface area contributed by atoms with Gasteiger partial charge >= 0.3 is 12.4 Å². The predicted octanol–water partition coefficient (Wildman–Crippen LogP) is 23.2. The number of H-pyrrole nitrogens is 2. The van der Waals surface area contributed by atoms with Crippen molar-refractivity contribution in [1.29, 1.82) is 0 Å². The molecule has 2 N–H and O–H groups in total. The molecule has 4 nitrogen and oxygen atoms in total. The number of hydrogen-bond acceptors (Lipinski definition) is 2. The Kier molecular flexibility index (Phi) is 11.6. The second kappa shape index (κ2) is 19.7. The fourth-order valence-electron chi connectivity index (χ4n) is 13.8. The third-order valence-electron chi connectivity index (χ3n) is 18.2. The van der Waals surface area contributed by atoms with E-state index in [-0.39, 0.29) is 0 Å². The van der Waals surface area contributed by atoms with Crippen LogP contribution in [0.2, 0.25) is 0 Å². The van der Waals surface area contributed by atoms with Gasteiger partial charge in [-0.15, -0.1) is 0 Å². The Hall–Kier alpha value is -11.1. The monoisotopic (exact) mass is 1180 g/mol. The van der Waals surface area contributed by atoms with E-state index in [9.17, 15) is 26.3 Å². The Labute approximate surface area is 511 Å². The number of nitrogens with one attached hydrogen (secondary N) is 2. The van der Waals surface area contributed by atoms with Gasteiger partial charge in [-0.3, -0.25) is 0 Å². The zero-order valence-corrected chi connectivity index (χ0v) is 48.3. The highest BCUT2D eigenvalue weighted by Gasteiger charge is 2.34. The molecule has 17 rings (SSSR count). The second-order valence-electron chi connectivity index (χ2n) is 23.7. The van der Waals surface area contributed by atoms with Crippen LogP contribution in [-0.4, -0.2) is 19.9 Å². The summed E-state index contributed by atoms with van der Waals surface area (Å²) in [6.07, 6.45) is -9.29. The van der Waals surface area contributed by atoms with Crippen molar-refractivity contribution in [2.45, 2.75) is 26.2 Å². The van der Waals surface area contributed by atoms with Gasteiger partial charge in [-0.05, 0) is 152 Å². The molecule has 8 bridgehead atoms. The predicted molar refractivity (Wildman–Crippen MR) is 356 cm³/mol. The third-order valence-corrected chi connectivity index (χ3v) is 18.2. The van der Waals surface area contributed by atoms with Gasteiger partial charge in [0.2, 0.25) is 0 Å². The Morgan fingerprint density at radius 1 is 0.267 bits per heavy atom. The molecule has 0 amide bonds. The summed E-state index contributed by atoms with van der Waals surface area (Å²) < 4.78 is 89.0. The number of alkyl halides is 6. The summed E-state index contributed by atoms with van der Waals surface area (Å²) in [5, 5.41) is 10.8. The fourth-order valence-corrected chi connectivity index (χ4v) is 13.8. The average Bonchev–Trinajstić information content (AvgIpc) is 1.56. The molecule has 0 unspecified atom stereocenters. The number of benzene rings is 12. The van der Waals surface area contributed by atoms with E-state index in [0.717, 1.165) is 145 Å². The van der Waals surface area contributed by atoms with Gasteiger partial charge < -0.3 is 9.97 Å². The molecule has 12 aromatic carbocycles. The van der Waals surface area contributed by atoms with E-state index < -0.39 is 23.5 Å². The number of rotatable bonds is 4. The van der Waals surface area contributed by atoms with Crippen molar-refractivity contribution in [1.82, 2.24) is 19.9 Å². The first kappa shape index (κ1) is 53.2. The number of fused-ring (bicyclic) bond motifs is 4. The van der Waals surface area contributed by atoms with E-state index >= 15 is 0 Å². The molecule has 3 aliphatic rings. The van der Waals surface area contributed by atoms with Crippen molar-refractivity contribution in [2.24, 2.45) is 0 Å². The summed E-state index contributed by atoms with van der Waals surface area (Å²) in [5.41, 5.74) is 13.7. The second-order valence-corrected chi connectivity index (χ2v) is 23.7. The summed E-state index contributed by atoms with van der Waals surface area (Å²) in [4.78, 5) is 20.1. The molecular weight excluding hydrogens is 1130 g/mol. The molecule has 14 aromatic rings. The maximum Gasteiger partial charge on any atom is 0.416 e. The van der Waals surface area contributed by atoms with Crippen LogP contribution >= 0.6 is 0 Å². The first-order chi connectivity index (χ1) is 43.7. The molecule has 2 aliphatic heterocycles. The Balaban J connectivity index is 1.21. The maximum absolute atomic E-state index is 14.8. The molecule has 90 heavy (non-hydrogen) atoms. The van der Waals surface area contributed by atoms with E-state index in [4.69, 9.17) is 9.97 Å². The van der Waals surface area contributed by atoms with Crippen molar-refractivity contribution in [3.63, 3.8) is 0 Å². The Morgan fingerprint density at radius 2 is 0.478 bits per heavy atom. The molecule has 1 aliphatic carbocycles. The lowest BCUT2D eigenvalue weighted by Crippen LogP contribution is -2.04. The van der Waals surface area contributed by atoms with Crippen molar-refractivity contribution in [3.05, 3.63) is 265 Å². The molecule has 0 atom stereocenters. The van der Waals surface area contributed by atoms with Gasteiger partial charge in [-0.1, -0.05) is 181 Å². The minimum absolute atomic E-state index is 0.445. The van der Waals surface area contributed by atoms with Crippen molar-refractivity contribution < 1.29 is 26.3 Å². The van der Waals surface area contributed by atoms with Crippen LogP contribution in [0, 0.1) is 13.8 Å². The molecule has 430 valence electrons. The highest BCUT2D eigenvalue weighted by Crippen LogP contribution is 2.54. The van der Waals surface area contributed by atoms with Crippen LogP contribution in [0.3, 0.4) is 0 Å². The fraction of sp³-hybridized carbons (Fsp3) is 0.0500. The Morgan fingerprint density at radius 3 is 0.700 bits per heavy atom. The molecule has 0 saturated heterocycles. The van der Waals surface area contributed by atoms with E-state index in [0.29, 0.717) is 66.8 Å². The van der Waals surface area contributed by atoms with Crippen LogP contribution in [0.5, 0.6) is 0 Å². The average molecular weight is 1180 g/mol. The van der Waals surface area contributed by atoms with E-state index in [1.807, 2.05) is 60.7 Å². The summed E-state index contributed by atoms with van der Waals surface area (Å²) >= 11 is 0. The third kappa shape index (κ3) is 8.46. The molecular formula is C80H48F6N4. The van der Waals surface area contributed by atoms with Crippen LogP contribution in [0.1, 0.15) is 22.3 Å². The standard InChI is InChI=1S/C80H48F6N4/c1-43-19-23-45(24-20-43)67-71-59-35-49-11-3-4-12-50(49)36-60(59)72(87-71)68(46-25-21-44(2)22-26-46)74-62-38-52-14-6-8-16-54(52)40-64(62)76(89-74)70(48-29-33-58(34-30-48)80(84,85)86)78-66-42-56-18-10-9-17-55(56)41-65(66)77(90-78)69(47-27-31-57(32-28-47)79(81,82)83)75-63-39-53-15-7-5-13-51(53)37-61(63)73(67)88-75/h3-42,87,90H,1-2H3. The van der Waals surface area contributed by atoms with Gasteiger partial charge in [-0.2, -0.15) is 26.3 Å². The van der Waals surface area contributed by atoms with Gasteiger partial charge in [0.05, 0.1) is 56.0 Å². The topological polar surface area (TPSA) is 57.4 Å². The summed E-state index contributed by atoms with van der Waals surface area (Å²) in [7, 11) is 0. The molecule has 0 spiro atoms. The lowest BCUT2D eigenvalue weighted by molar-refractivity contribution is -0.138. The van der Waals surface area contributed by atoms with Crippen LogP contribution in [0.25, 0.3) is 176 Å².